The zero-order valence-corrected chi connectivity index (χ0v) is 8.29. The van der Waals surface area contributed by atoms with Gasteiger partial charge in [-0.15, -0.1) is 0 Å². The Kier molecular flexibility index (Phi) is 2.25. The SMILES string of the molecule is CCCCN1C=C2ON=C(C)C2C1. The monoisotopic (exact) mass is 180 g/mol. The van der Waals surface area contributed by atoms with Gasteiger partial charge in [-0.1, -0.05) is 18.5 Å². The third kappa shape index (κ3) is 1.55. The summed E-state index contributed by atoms with van der Waals surface area (Å²) in [4.78, 5) is 7.54. The lowest BCUT2D eigenvalue weighted by Gasteiger charge is -2.15. The molecule has 2 rings (SSSR count). The highest BCUT2D eigenvalue weighted by molar-refractivity contribution is 5.88. The van der Waals surface area contributed by atoms with Crippen LogP contribution in [0.5, 0.6) is 0 Å². The molecule has 2 heterocycles. The van der Waals surface area contributed by atoms with Gasteiger partial charge in [0.2, 0.25) is 0 Å². The lowest BCUT2D eigenvalue weighted by atomic mass is 10.1. The van der Waals surface area contributed by atoms with Crippen LogP contribution in [0, 0.1) is 5.92 Å². The van der Waals surface area contributed by atoms with Crippen LogP contribution in [0.15, 0.2) is 17.1 Å². The van der Waals surface area contributed by atoms with Gasteiger partial charge in [-0.25, -0.2) is 0 Å². The summed E-state index contributed by atoms with van der Waals surface area (Å²) in [6.45, 7) is 6.46. The first-order chi connectivity index (χ1) is 6.31. The van der Waals surface area contributed by atoms with Crippen LogP contribution in [0.3, 0.4) is 0 Å². The van der Waals surface area contributed by atoms with Gasteiger partial charge in [0, 0.05) is 19.3 Å². The minimum absolute atomic E-state index is 0.442. The van der Waals surface area contributed by atoms with Crippen molar-refractivity contribution in [1.82, 2.24) is 4.90 Å². The molecule has 0 aromatic carbocycles. The quantitative estimate of drug-likeness (QED) is 0.663. The number of hydrogen-bond donors (Lipinski definition) is 0. The molecule has 0 bridgehead atoms. The van der Waals surface area contributed by atoms with Crippen LogP contribution in [0.25, 0.3) is 0 Å². The van der Waals surface area contributed by atoms with Gasteiger partial charge >= 0.3 is 0 Å². The summed E-state index contributed by atoms with van der Waals surface area (Å²) >= 11 is 0. The van der Waals surface area contributed by atoms with Crippen molar-refractivity contribution >= 4 is 5.71 Å². The zero-order valence-electron chi connectivity index (χ0n) is 8.29. The van der Waals surface area contributed by atoms with E-state index in [0.29, 0.717) is 5.92 Å². The van der Waals surface area contributed by atoms with Crippen LogP contribution in [-0.2, 0) is 4.84 Å². The molecule has 13 heavy (non-hydrogen) atoms. The van der Waals surface area contributed by atoms with Gasteiger partial charge in [0.05, 0.1) is 11.6 Å². The number of unbranched alkanes of at least 4 members (excludes halogenated alkanes) is 1. The Hall–Kier alpha value is -0.990. The third-order valence-corrected chi connectivity index (χ3v) is 2.67. The van der Waals surface area contributed by atoms with E-state index in [1.54, 1.807) is 0 Å². The largest absolute Gasteiger partial charge is 0.373 e. The number of fused-ring (bicyclic) bond motifs is 1. The second kappa shape index (κ2) is 3.40. The molecule has 3 nitrogen and oxygen atoms in total. The molecular weight excluding hydrogens is 164 g/mol. The minimum atomic E-state index is 0.442. The molecule has 2 aliphatic rings. The summed E-state index contributed by atoms with van der Waals surface area (Å²) in [5.41, 5.74) is 1.12. The summed E-state index contributed by atoms with van der Waals surface area (Å²) in [7, 11) is 0. The summed E-state index contributed by atoms with van der Waals surface area (Å²) < 4.78 is 0. The van der Waals surface area contributed by atoms with Gasteiger partial charge < -0.3 is 9.74 Å². The lowest BCUT2D eigenvalue weighted by Crippen LogP contribution is -2.22. The maximum Gasteiger partial charge on any atom is 0.161 e. The Bertz CT molecular complexity index is 258. The second-order valence-electron chi connectivity index (χ2n) is 3.76. The molecule has 0 amide bonds. The van der Waals surface area contributed by atoms with Crippen molar-refractivity contribution in [2.24, 2.45) is 11.1 Å². The minimum Gasteiger partial charge on any atom is -0.373 e. The first kappa shape index (κ1) is 8.60. The predicted octanol–water partition coefficient (Wildman–Crippen LogP) is 1.97. The molecular formula is C10H16N2O. The standard InChI is InChI=1S/C10H16N2O/c1-3-4-5-12-6-9-8(2)11-13-10(9)7-12/h7,9H,3-6H2,1-2H3. The van der Waals surface area contributed by atoms with Crippen molar-refractivity contribution in [2.75, 3.05) is 13.1 Å². The Balaban J connectivity index is 1.92. The van der Waals surface area contributed by atoms with E-state index in [1.807, 2.05) is 6.92 Å². The molecule has 0 spiro atoms. The molecule has 0 aromatic heterocycles. The molecule has 0 saturated carbocycles. The molecule has 1 atom stereocenters. The average molecular weight is 180 g/mol. The molecule has 0 aliphatic carbocycles. The highest BCUT2D eigenvalue weighted by atomic mass is 16.6. The van der Waals surface area contributed by atoms with Crippen LogP contribution in [0.2, 0.25) is 0 Å². The van der Waals surface area contributed by atoms with Crippen molar-refractivity contribution in [1.29, 1.82) is 0 Å². The molecule has 0 fully saturated rings. The molecule has 0 N–H and O–H groups in total. The Morgan fingerprint density at radius 2 is 2.54 bits per heavy atom. The fourth-order valence-corrected chi connectivity index (χ4v) is 1.78. The van der Waals surface area contributed by atoms with Gasteiger partial charge in [-0.2, -0.15) is 0 Å². The maximum atomic E-state index is 5.21. The third-order valence-electron chi connectivity index (χ3n) is 2.67. The van der Waals surface area contributed by atoms with E-state index in [4.69, 9.17) is 4.84 Å². The van der Waals surface area contributed by atoms with Crippen LogP contribution >= 0.6 is 0 Å². The van der Waals surface area contributed by atoms with Gasteiger partial charge in [0.1, 0.15) is 0 Å². The highest BCUT2D eigenvalue weighted by Gasteiger charge is 2.32. The lowest BCUT2D eigenvalue weighted by molar-refractivity contribution is 0.237. The Labute approximate surface area is 79.0 Å². The van der Waals surface area contributed by atoms with E-state index in [1.165, 1.54) is 12.8 Å². The van der Waals surface area contributed by atoms with Crippen molar-refractivity contribution in [3.05, 3.63) is 12.0 Å². The maximum absolute atomic E-state index is 5.21. The van der Waals surface area contributed by atoms with E-state index < -0.39 is 0 Å². The van der Waals surface area contributed by atoms with E-state index >= 15 is 0 Å². The second-order valence-corrected chi connectivity index (χ2v) is 3.76. The molecule has 2 aliphatic heterocycles. The summed E-state index contributed by atoms with van der Waals surface area (Å²) in [5.74, 6) is 1.48. The molecule has 3 heteroatoms. The summed E-state index contributed by atoms with van der Waals surface area (Å²) in [6.07, 6.45) is 4.62. The van der Waals surface area contributed by atoms with Crippen LogP contribution in [-0.4, -0.2) is 23.7 Å². The van der Waals surface area contributed by atoms with Gasteiger partial charge in [-0.3, -0.25) is 0 Å². The molecule has 0 saturated heterocycles. The highest BCUT2D eigenvalue weighted by Crippen LogP contribution is 2.29. The molecule has 0 radical (unpaired) electrons. The van der Waals surface area contributed by atoms with E-state index in [-0.39, 0.29) is 0 Å². The molecule has 0 aromatic rings. The summed E-state index contributed by atoms with van der Waals surface area (Å²) in [5, 5.41) is 3.96. The van der Waals surface area contributed by atoms with Gasteiger partial charge in [0.25, 0.3) is 0 Å². The van der Waals surface area contributed by atoms with E-state index in [0.717, 1.165) is 24.6 Å². The molecule has 1 unspecified atom stereocenters. The van der Waals surface area contributed by atoms with Crippen LogP contribution < -0.4 is 0 Å². The number of oxime groups is 1. The smallest absolute Gasteiger partial charge is 0.161 e. The number of hydrogen-bond acceptors (Lipinski definition) is 3. The first-order valence-electron chi connectivity index (χ1n) is 4.98. The van der Waals surface area contributed by atoms with Gasteiger partial charge in [-0.05, 0) is 13.3 Å². The Morgan fingerprint density at radius 1 is 1.69 bits per heavy atom. The Morgan fingerprint density at radius 3 is 3.23 bits per heavy atom. The topological polar surface area (TPSA) is 24.8 Å². The van der Waals surface area contributed by atoms with Gasteiger partial charge in [0.15, 0.2) is 5.76 Å². The normalized spacial score (nSPS) is 25.4. The van der Waals surface area contributed by atoms with E-state index in [9.17, 15) is 0 Å². The predicted molar refractivity (Wildman–Crippen MR) is 52.2 cm³/mol. The number of nitrogens with zero attached hydrogens (tertiary/aromatic N) is 2. The first-order valence-corrected chi connectivity index (χ1v) is 4.98. The average Bonchev–Trinajstić information content (AvgIpc) is 2.65. The number of rotatable bonds is 3. The zero-order chi connectivity index (χ0) is 9.26. The van der Waals surface area contributed by atoms with Crippen molar-refractivity contribution < 1.29 is 4.84 Å². The van der Waals surface area contributed by atoms with Crippen LogP contribution in [0.1, 0.15) is 26.7 Å². The van der Waals surface area contributed by atoms with E-state index in [2.05, 4.69) is 23.2 Å². The fraction of sp³-hybridized carbons (Fsp3) is 0.700. The fourth-order valence-electron chi connectivity index (χ4n) is 1.78. The summed E-state index contributed by atoms with van der Waals surface area (Å²) in [6, 6.07) is 0. The van der Waals surface area contributed by atoms with Crippen molar-refractivity contribution in [2.45, 2.75) is 26.7 Å². The van der Waals surface area contributed by atoms with Crippen molar-refractivity contribution in [3.63, 3.8) is 0 Å². The molecule has 72 valence electrons. The van der Waals surface area contributed by atoms with Crippen molar-refractivity contribution in [3.8, 4) is 0 Å². The van der Waals surface area contributed by atoms with Crippen LogP contribution in [0.4, 0.5) is 0 Å².